The average molecular weight is 377 g/mol. The number of ether oxygens (including phenoxy) is 1. The van der Waals surface area contributed by atoms with Crippen LogP contribution in [0.2, 0.25) is 0 Å². The van der Waals surface area contributed by atoms with Gasteiger partial charge in [-0.25, -0.2) is 0 Å². The molecule has 1 aliphatic carbocycles. The number of nitrogens with zero attached hydrogens (tertiary/aromatic N) is 1. The Kier molecular flexibility index (Phi) is 7.39. The zero-order chi connectivity index (χ0) is 17.6. The maximum absolute atomic E-state index is 12.7. The highest BCUT2D eigenvalue weighted by molar-refractivity contribution is 6.06. The molecule has 26 heavy (non-hydrogen) atoms. The third-order valence-electron chi connectivity index (χ3n) is 4.91. The number of pyridine rings is 1. The second kappa shape index (κ2) is 9.53. The first-order valence-corrected chi connectivity index (χ1v) is 8.91. The van der Waals surface area contributed by atoms with Crippen molar-refractivity contribution in [2.75, 3.05) is 6.61 Å². The van der Waals surface area contributed by atoms with Crippen LogP contribution in [0, 0.1) is 5.92 Å². The highest BCUT2D eigenvalue weighted by atomic mass is 35.5. The van der Waals surface area contributed by atoms with Gasteiger partial charge in [-0.1, -0.05) is 18.2 Å². The molecule has 1 aromatic heterocycles. The molecule has 1 saturated carbocycles. The first kappa shape index (κ1) is 20.2. The Morgan fingerprint density at radius 1 is 1.15 bits per heavy atom. The van der Waals surface area contributed by atoms with Crippen LogP contribution >= 0.6 is 12.4 Å². The van der Waals surface area contributed by atoms with Gasteiger partial charge in [-0.15, -0.1) is 12.4 Å². The van der Waals surface area contributed by atoms with Crippen molar-refractivity contribution in [3.8, 4) is 0 Å². The van der Waals surface area contributed by atoms with Crippen molar-refractivity contribution in [2.24, 2.45) is 5.92 Å². The quantitative estimate of drug-likeness (QED) is 0.803. The molecule has 1 aliphatic rings. The summed E-state index contributed by atoms with van der Waals surface area (Å²) in [5.41, 5.74) is 1.52. The molecule has 1 aromatic carbocycles. The molecule has 1 amide bonds. The van der Waals surface area contributed by atoms with Crippen molar-refractivity contribution >= 4 is 35.2 Å². The Hall–Kier alpha value is -2.14. The summed E-state index contributed by atoms with van der Waals surface area (Å²) in [4.78, 5) is 27.8. The van der Waals surface area contributed by atoms with E-state index in [1.54, 1.807) is 12.3 Å². The van der Waals surface area contributed by atoms with Gasteiger partial charge in [0.2, 0.25) is 0 Å². The van der Waals surface area contributed by atoms with E-state index < -0.39 is 0 Å². The Bertz CT molecular complexity index is 752. The van der Waals surface area contributed by atoms with Crippen molar-refractivity contribution in [1.82, 2.24) is 10.3 Å². The lowest BCUT2D eigenvalue weighted by Crippen LogP contribution is -2.37. The molecule has 0 unspecified atom stereocenters. The number of halogens is 1. The minimum atomic E-state index is -0.217. The monoisotopic (exact) mass is 376 g/mol. The Morgan fingerprint density at radius 2 is 1.88 bits per heavy atom. The fourth-order valence-corrected chi connectivity index (χ4v) is 3.52. The minimum Gasteiger partial charge on any atom is -0.466 e. The smallest absolute Gasteiger partial charge is 0.302 e. The molecule has 0 spiro atoms. The predicted molar refractivity (Wildman–Crippen MR) is 103 cm³/mol. The van der Waals surface area contributed by atoms with Crippen LogP contribution in [0.3, 0.4) is 0 Å². The van der Waals surface area contributed by atoms with Gasteiger partial charge < -0.3 is 10.1 Å². The molecule has 0 atom stereocenters. The summed E-state index contributed by atoms with van der Waals surface area (Å²) < 4.78 is 5.02. The number of hydrogen-bond acceptors (Lipinski definition) is 4. The van der Waals surface area contributed by atoms with Crippen LogP contribution in [0.15, 0.2) is 36.5 Å². The zero-order valence-corrected chi connectivity index (χ0v) is 15.8. The summed E-state index contributed by atoms with van der Waals surface area (Å²) in [6.07, 6.45) is 6.66. The summed E-state index contributed by atoms with van der Waals surface area (Å²) in [6, 6.07) is 9.69. The molecule has 2 aromatic rings. The number of carbonyl (C=O) groups is 2. The molecule has 1 N–H and O–H groups in total. The van der Waals surface area contributed by atoms with E-state index in [4.69, 9.17) is 4.74 Å². The summed E-state index contributed by atoms with van der Waals surface area (Å²) >= 11 is 0. The molecule has 6 heteroatoms. The van der Waals surface area contributed by atoms with Crippen molar-refractivity contribution < 1.29 is 14.3 Å². The van der Waals surface area contributed by atoms with Crippen LogP contribution in [0.5, 0.6) is 0 Å². The largest absolute Gasteiger partial charge is 0.466 e. The number of nitrogens with one attached hydrogen (secondary N) is 1. The third kappa shape index (κ3) is 5.18. The molecule has 140 valence electrons. The summed E-state index contributed by atoms with van der Waals surface area (Å²) in [5, 5.41) is 4.06. The third-order valence-corrected chi connectivity index (χ3v) is 4.91. The second-order valence-electron chi connectivity index (χ2n) is 6.70. The van der Waals surface area contributed by atoms with E-state index in [-0.39, 0.29) is 30.3 Å². The van der Waals surface area contributed by atoms with Crippen LogP contribution < -0.4 is 5.32 Å². The van der Waals surface area contributed by atoms with E-state index in [9.17, 15) is 9.59 Å². The maximum Gasteiger partial charge on any atom is 0.302 e. The minimum absolute atomic E-state index is 0. The summed E-state index contributed by atoms with van der Waals surface area (Å²) in [6.45, 7) is 1.94. The number of hydrogen-bond donors (Lipinski definition) is 1. The summed E-state index contributed by atoms with van der Waals surface area (Å²) in [5.74, 6) is 0.335. The van der Waals surface area contributed by atoms with Crippen molar-refractivity contribution in [2.45, 2.75) is 45.1 Å². The molecular weight excluding hydrogens is 352 g/mol. The van der Waals surface area contributed by atoms with Gasteiger partial charge in [0, 0.05) is 24.5 Å². The number of benzene rings is 1. The second-order valence-corrected chi connectivity index (χ2v) is 6.70. The lowest BCUT2D eigenvalue weighted by molar-refractivity contribution is -0.141. The lowest BCUT2D eigenvalue weighted by atomic mass is 9.84. The zero-order valence-electron chi connectivity index (χ0n) is 14.9. The van der Waals surface area contributed by atoms with Gasteiger partial charge in [-0.05, 0) is 50.2 Å². The van der Waals surface area contributed by atoms with E-state index >= 15 is 0 Å². The topological polar surface area (TPSA) is 68.3 Å². The van der Waals surface area contributed by atoms with Gasteiger partial charge in [0.05, 0.1) is 17.7 Å². The highest BCUT2D eigenvalue weighted by Crippen LogP contribution is 2.27. The van der Waals surface area contributed by atoms with E-state index in [2.05, 4.69) is 10.3 Å². The number of para-hydroxylation sites is 1. The maximum atomic E-state index is 12.7. The molecule has 1 heterocycles. The SMILES string of the molecule is CC(=O)OCCC1CCC(NC(=O)c2ccnc3ccccc23)CC1.Cl. The van der Waals surface area contributed by atoms with Crippen molar-refractivity contribution in [1.29, 1.82) is 0 Å². The fourth-order valence-electron chi connectivity index (χ4n) is 3.52. The molecule has 0 saturated heterocycles. The molecule has 0 radical (unpaired) electrons. The number of aromatic nitrogens is 1. The first-order valence-electron chi connectivity index (χ1n) is 8.91. The van der Waals surface area contributed by atoms with E-state index in [0.717, 1.165) is 43.0 Å². The molecular formula is C20H25ClN2O3. The van der Waals surface area contributed by atoms with E-state index in [1.165, 1.54) is 6.92 Å². The normalized spacial score (nSPS) is 19.4. The molecule has 0 aliphatic heterocycles. The highest BCUT2D eigenvalue weighted by Gasteiger charge is 2.23. The van der Waals surface area contributed by atoms with Gasteiger partial charge in [0.15, 0.2) is 0 Å². The standard InChI is InChI=1S/C20H24N2O3.ClH/c1-14(23)25-13-11-15-6-8-16(9-7-15)22-20(24)18-10-12-21-19-5-3-2-4-17(18)19;/h2-5,10,12,15-16H,6-9,11,13H2,1H3,(H,22,24);1H. The van der Waals surface area contributed by atoms with Gasteiger partial charge in [0.1, 0.15) is 0 Å². The van der Waals surface area contributed by atoms with Crippen LogP contribution in [0.25, 0.3) is 10.9 Å². The van der Waals surface area contributed by atoms with E-state index in [0.29, 0.717) is 18.1 Å². The Balaban J connectivity index is 0.00000243. The van der Waals surface area contributed by atoms with Gasteiger partial charge in [0.25, 0.3) is 5.91 Å². The fraction of sp³-hybridized carbons (Fsp3) is 0.450. The van der Waals surface area contributed by atoms with Crippen LogP contribution in [0.1, 0.15) is 49.4 Å². The number of fused-ring (bicyclic) bond motifs is 1. The predicted octanol–water partition coefficient (Wildman–Crippen LogP) is 3.90. The number of rotatable bonds is 5. The van der Waals surface area contributed by atoms with Crippen LogP contribution in [-0.2, 0) is 9.53 Å². The molecule has 0 bridgehead atoms. The van der Waals surface area contributed by atoms with Crippen molar-refractivity contribution in [3.63, 3.8) is 0 Å². The number of esters is 1. The molecule has 3 rings (SSSR count). The van der Waals surface area contributed by atoms with Crippen LogP contribution in [0.4, 0.5) is 0 Å². The Labute approximate surface area is 159 Å². The molecule has 1 fully saturated rings. The van der Waals surface area contributed by atoms with Gasteiger partial charge in [-0.2, -0.15) is 0 Å². The first-order chi connectivity index (χ1) is 12.1. The number of carbonyl (C=O) groups excluding carboxylic acids is 2. The summed E-state index contributed by atoms with van der Waals surface area (Å²) in [7, 11) is 0. The molecule has 5 nitrogen and oxygen atoms in total. The van der Waals surface area contributed by atoms with Gasteiger partial charge >= 0.3 is 5.97 Å². The van der Waals surface area contributed by atoms with Crippen molar-refractivity contribution in [3.05, 3.63) is 42.1 Å². The Morgan fingerprint density at radius 3 is 2.62 bits per heavy atom. The van der Waals surface area contributed by atoms with Gasteiger partial charge in [-0.3, -0.25) is 14.6 Å². The lowest BCUT2D eigenvalue weighted by Gasteiger charge is -2.29. The average Bonchev–Trinajstić information content (AvgIpc) is 2.62. The van der Waals surface area contributed by atoms with E-state index in [1.807, 2.05) is 24.3 Å². The number of amides is 1. The van der Waals surface area contributed by atoms with Crippen LogP contribution in [-0.4, -0.2) is 29.5 Å².